The fraction of sp³-hybridized carbons (Fsp3) is 0.407. The Kier molecular flexibility index (Phi) is 6.05. The lowest BCUT2D eigenvalue weighted by Gasteiger charge is -2.47. The number of anilines is 1. The maximum atomic E-state index is 13.4. The maximum absolute atomic E-state index is 13.4. The van der Waals surface area contributed by atoms with Gasteiger partial charge in [-0.25, -0.2) is 9.59 Å². The number of carbonyl (C=O) groups excluding carboxylic acids is 4. The second kappa shape index (κ2) is 9.17. The Bertz CT molecular complexity index is 1140. The second-order valence-corrected chi connectivity index (χ2v) is 9.72. The quantitative estimate of drug-likeness (QED) is 0.613. The van der Waals surface area contributed by atoms with Crippen molar-refractivity contribution >= 4 is 29.5 Å². The summed E-state index contributed by atoms with van der Waals surface area (Å²) in [5.41, 5.74) is 1.78. The number of benzene rings is 2. The van der Waals surface area contributed by atoms with Crippen LogP contribution in [0.15, 0.2) is 48.5 Å². The fourth-order valence-electron chi connectivity index (χ4n) is 5.95. The average Bonchev–Trinajstić information content (AvgIpc) is 3.10. The number of carbonyl (C=O) groups is 4. The molecule has 5 rings (SSSR count). The van der Waals surface area contributed by atoms with Crippen LogP contribution >= 0.6 is 0 Å². The molecule has 2 N–H and O–H groups in total. The van der Waals surface area contributed by atoms with E-state index in [1.54, 1.807) is 24.3 Å². The van der Waals surface area contributed by atoms with Crippen LogP contribution in [0.3, 0.4) is 0 Å². The van der Waals surface area contributed by atoms with E-state index >= 15 is 0 Å². The Morgan fingerprint density at radius 1 is 1.00 bits per heavy atom. The third kappa shape index (κ3) is 4.17. The molecule has 0 saturated heterocycles. The van der Waals surface area contributed by atoms with Crippen molar-refractivity contribution in [1.29, 1.82) is 0 Å². The van der Waals surface area contributed by atoms with Crippen LogP contribution in [0.25, 0.3) is 0 Å². The van der Waals surface area contributed by atoms with Crippen molar-refractivity contribution in [3.05, 3.63) is 65.2 Å². The van der Waals surface area contributed by atoms with Crippen LogP contribution in [-0.4, -0.2) is 35.4 Å². The van der Waals surface area contributed by atoms with E-state index in [1.807, 2.05) is 31.2 Å². The van der Waals surface area contributed by atoms with Gasteiger partial charge in [-0.15, -0.1) is 0 Å². The molecule has 3 atom stereocenters. The van der Waals surface area contributed by atoms with Gasteiger partial charge in [-0.3, -0.25) is 9.59 Å². The molecule has 2 fully saturated rings. The number of nitrogens with one attached hydrogen (secondary N) is 2. The minimum Gasteiger partial charge on any atom is -0.338 e. The highest BCUT2D eigenvalue weighted by molar-refractivity contribution is 6.20. The molecular formula is C27H29N3O5. The molecule has 1 aliphatic heterocycles. The first-order valence-electron chi connectivity index (χ1n) is 12.3. The summed E-state index contributed by atoms with van der Waals surface area (Å²) >= 11 is 0. The van der Waals surface area contributed by atoms with Crippen LogP contribution in [0.2, 0.25) is 0 Å². The monoisotopic (exact) mass is 475 g/mol. The Morgan fingerprint density at radius 3 is 2.34 bits per heavy atom. The van der Waals surface area contributed by atoms with E-state index in [9.17, 15) is 19.2 Å². The van der Waals surface area contributed by atoms with E-state index in [2.05, 4.69) is 10.6 Å². The minimum atomic E-state index is -0.672. The number of hydrogen-bond acceptors (Lipinski definition) is 5. The number of amides is 4. The standard InChI is InChI=1S/C27H29N3O5/c1-2-28-26(34)29-19-11-9-17(10-12-19)20-13-15-27(14-5-6-18(20)16-27)25(33)35-30-23(31)21-7-3-4-8-22(21)24(30)32/h3-4,7-12,18,20H,2,5-6,13-16H2,1H3,(H2,28,29,34). The average molecular weight is 476 g/mol. The molecule has 3 unspecified atom stereocenters. The lowest BCUT2D eigenvalue weighted by atomic mass is 9.57. The molecular weight excluding hydrogens is 446 g/mol. The second-order valence-electron chi connectivity index (χ2n) is 9.72. The third-order valence-electron chi connectivity index (χ3n) is 7.68. The largest absolute Gasteiger partial charge is 0.339 e. The molecule has 8 nitrogen and oxygen atoms in total. The van der Waals surface area contributed by atoms with Crippen molar-refractivity contribution in [1.82, 2.24) is 10.4 Å². The van der Waals surface area contributed by atoms with Crippen LogP contribution in [0, 0.1) is 11.3 Å². The minimum absolute atomic E-state index is 0.230. The first-order chi connectivity index (χ1) is 16.9. The molecule has 2 aromatic rings. The first kappa shape index (κ1) is 23.1. The van der Waals surface area contributed by atoms with Crippen LogP contribution in [0.4, 0.5) is 10.5 Å². The van der Waals surface area contributed by atoms with Crippen molar-refractivity contribution in [3.8, 4) is 0 Å². The Morgan fingerprint density at radius 2 is 1.69 bits per heavy atom. The van der Waals surface area contributed by atoms with Gasteiger partial charge in [0.1, 0.15) is 0 Å². The molecule has 0 aromatic heterocycles. The third-order valence-corrected chi connectivity index (χ3v) is 7.68. The SMILES string of the molecule is CCNC(=O)Nc1ccc(C2CCC3(C(=O)ON4C(=O)c5ccccc5C4=O)CCCC2C3)cc1. The summed E-state index contributed by atoms with van der Waals surface area (Å²) in [6.07, 6.45) is 4.77. The molecule has 2 bridgehead atoms. The molecule has 2 aromatic carbocycles. The molecule has 8 heteroatoms. The molecule has 4 amide bonds. The van der Waals surface area contributed by atoms with Gasteiger partial charge >= 0.3 is 12.0 Å². The zero-order valence-corrected chi connectivity index (χ0v) is 19.7. The van der Waals surface area contributed by atoms with E-state index in [0.29, 0.717) is 42.7 Å². The van der Waals surface area contributed by atoms with Gasteiger partial charge in [0, 0.05) is 12.2 Å². The highest BCUT2D eigenvalue weighted by atomic mass is 16.7. The normalized spacial score (nSPS) is 25.1. The number of hydroxylamine groups is 2. The van der Waals surface area contributed by atoms with Gasteiger partial charge in [0.25, 0.3) is 11.8 Å². The predicted octanol–water partition coefficient (Wildman–Crippen LogP) is 4.64. The molecule has 2 aliphatic carbocycles. The predicted molar refractivity (Wildman–Crippen MR) is 129 cm³/mol. The van der Waals surface area contributed by atoms with Crippen molar-refractivity contribution < 1.29 is 24.0 Å². The molecule has 3 aliphatic rings. The summed E-state index contributed by atoms with van der Waals surface area (Å²) in [5, 5.41) is 6.16. The van der Waals surface area contributed by atoms with Crippen molar-refractivity contribution in [3.63, 3.8) is 0 Å². The van der Waals surface area contributed by atoms with Crippen LogP contribution in [0.5, 0.6) is 0 Å². The van der Waals surface area contributed by atoms with Crippen molar-refractivity contribution in [2.75, 3.05) is 11.9 Å². The van der Waals surface area contributed by atoms with Gasteiger partial charge in [0.15, 0.2) is 0 Å². The number of nitrogens with zero attached hydrogens (tertiary/aromatic N) is 1. The highest BCUT2D eigenvalue weighted by Gasteiger charge is 2.51. The Balaban J connectivity index is 1.26. The molecule has 1 heterocycles. The zero-order valence-electron chi connectivity index (χ0n) is 19.7. The lowest BCUT2D eigenvalue weighted by Crippen LogP contribution is -2.46. The van der Waals surface area contributed by atoms with Crippen LogP contribution < -0.4 is 10.6 Å². The van der Waals surface area contributed by atoms with E-state index in [4.69, 9.17) is 4.84 Å². The summed E-state index contributed by atoms with van der Waals surface area (Å²) < 4.78 is 0. The zero-order chi connectivity index (χ0) is 24.6. The van der Waals surface area contributed by atoms with Crippen molar-refractivity contribution in [2.45, 2.75) is 51.4 Å². The summed E-state index contributed by atoms with van der Waals surface area (Å²) in [5.74, 6) is -1.02. The number of fused-ring (bicyclic) bond motifs is 3. The van der Waals surface area contributed by atoms with E-state index in [-0.39, 0.29) is 17.2 Å². The van der Waals surface area contributed by atoms with E-state index in [0.717, 1.165) is 24.9 Å². The molecule has 182 valence electrons. The van der Waals surface area contributed by atoms with Gasteiger partial charge in [-0.1, -0.05) is 35.7 Å². The maximum Gasteiger partial charge on any atom is 0.339 e. The van der Waals surface area contributed by atoms with Crippen LogP contribution in [0.1, 0.15) is 77.6 Å². The van der Waals surface area contributed by atoms with Gasteiger partial charge in [-0.2, -0.15) is 0 Å². The molecule has 2 saturated carbocycles. The van der Waals surface area contributed by atoms with Crippen molar-refractivity contribution in [2.24, 2.45) is 11.3 Å². The Labute approximate surface area is 204 Å². The molecule has 0 spiro atoms. The van der Waals surface area contributed by atoms with Gasteiger partial charge < -0.3 is 15.5 Å². The van der Waals surface area contributed by atoms with E-state index in [1.165, 1.54) is 5.56 Å². The number of hydrogen-bond donors (Lipinski definition) is 2. The van der Waals surface area contributed by atoms with Gasteiger partial charge in [0.05, 0.1) is 16.5 Å². The number of urea groups is 1. The Hall–Kier alpha value is -3.68. The topological polar surface area (TPSA) is 105 Å². The smallest absolute Gasteiger partial charge is 0.338 e. The number of rotatable bonds is 5. The number of imide groups is 1. The van der Waals surface area contributed by atoms with E-state index < -0.39 is 23.2 Å². The summed E-state index contributed by atoms with van der Waals surface area (Å²) in [6, 6.07) is 14.2. The van der Waals surface area contributed by atoms with Gasteiger partial charge in [-0.05, 0) is 80.7 Å². The molecule has 0 radical (unpaired) electrons. The van der Waals surface area contributed by atoms with Gasteiger partial charge in [0.2, 0.25) is 0 Å². The summed E-state index contributed by atoms with van der Waals surface area (Å²) in [7, 11) is 0. The lowest BCUT2D eigenvalue weighted by molar-refractivity contribution is -0.187. The fourth-order valence-corrected chi connectivity index (χ4v) is 5.95. The first-order valence-corrected chi connectivity index (χ1v) is 12.3. The summed E-state index contributed by atoms with van der Waals surface area (Å²) in [4.78, 5) is 55.9. The highest BCUT2D eigenvalue weighted by Crippen LogP contribution is 2.55. The summed E-state index contributed by atoms with van der Waals surface area (Å²) in [6.45, 7) is 2.43. The molecule has 35 heavy (non-hydrogen) atoms. The van der Waals surface area contributed by atoms with Crippen LogP contribution in [-0.2, 0) is 9.63 Å².